The normalized spacial score (nSPS) is 22.8. The molecule has 7 heteroatoms. The van der Waals surface area contributed by atoms with Gasteiger partial charge in [-0.05, 0) is 48.1 Å². The molecular formula is C9H13BrN2O2S2. The van der Waals surface area contributed by atoms with Crippen molar-refractivity contribution in [2.45, 2.75) is 16.7 Å². The molecule has 1 unspecified atom stereocenters. The Morgan fingerprint density at radius 1 is 1.56 bits per heavy atom. The fourth-order valence-corrected chi connectivity index (χ4v) is 5.04. The molecule has 1 N–H and O–H groups in total. The van der Waals surface area contributed by atoms with E-state index in [1.807, 2.05) is 7.05 Å². The second-order valence-corrected chi connectivity index (χ2v) is 8.33. The lowest BCUT2D eigenvalue weighted by Crippen LogP contribution is -2.36. The largest absolute Gasteiger partial charge is 0.305 e. The van der Waals surface area contributed by atoms with Gasteiger partial charge in [-0.3, -0.25) is 0 Å². The molecule has 1 atom stereocenters. The van der Waals surface area contributed by atoms with Crippen molar-refractivity contribution in [1.29, 1.82) is 0 Å². The van der Waals surface area contributed by atoms with Crippen molar-refractivity contribution in [1.82, 2.24) is 9.62 Å². The van der Waals surface area contributed by atoms with Crippen molar-refractivity contribution in [3.8, 4) is 0 Å². The molecule has 2 heterocycles. The zero-order chi connectivity index (χ0) is 11.8. The standard InChI is InChI=1S/C9H13BrN2O2S2/c1-12-5-4-7(6-12)11-16(13,14)9-3-2-8(10)15-9/h2-3,7,11H,4-6H2,1H3. The summed E-state index contributed by atoms with van der Waals surface area (Å²) in [6.07, 6.45) is 0.877. The second-order valence-electron chi connectivity index (χ2n) is 3.93. The average molecular weight is 325 g/mol. The first-order valence-corrected chi connectivity index (χ1v) is 8.03. The zero-order valence-electron chi connectivity index (χ0n) is 8.81. The van der Waals surface area contributed by atoms with Gasteiger partial charge in [0.1, 0.15) is 4.21 Å². The van der Waals surface area contributed by atoms with Gasteiger partial charge < -0.3 is 4.90 Å². The molecule has 0 saturated carbocycles. The lowest BCUT2D eigenvalue weighted by Gasteiger charge is -2.11. The highest BCUT2D eigenvalue weighted by molar-refractivity contribution is 9.11. The number of halogens is 1. The summed E-state index contributed by atoms with van der Waals surface area (Å²) in [4.78, 5) is 2.12. The maximum absolute atomic E-state index is 12.0. The van der Waals surface area contributed by atoms with Crippen LogP contribution in [-0.4, -0.2) is 39.5 Å². The van der Waals surface area contributed by atoms with E-state index < -0.39 is 10.0 Å². The summed E-state index contributed by atoms with van der Waals surface area (Å²) >= 11 is 4.50. The molecular weight excluding hydrogens is 312 g/mol. The number of nitrogens with zero attached hydrogens (tertiary/aromatic N) is 1. The fourth-order valence-electron chi connectivity index (χ4n) is 1.75. The van der Waals surface area contributed by atoms with Crippen LogP contribution in [0.3, 0.4) is 0 Å². The number of sulfonamides is 1. The molecule has 0 radical (unpaired) electrons. The van der Waals surface area contributed by atoms with Crippen LogP contribution in [0.1, 0.15) is 6.42 Å². The lowest BCUT2D eigenvalue weighted by atomic mass is 10.3. The Balaban J connectivity index is 2.09. The minimum Gasteiger partial charge on any atom is -0.305 e. The molecule has 2 rings (SSSR count). The molecule has 0 spiro atoms. The van der Waals surface area contributed by atoms with Gasteiger partial charge in [-0.2, -0.15) is 0 Å². The summed E-state index contributed by atoms with van der Waals surface area (Å²) in [5.41, 5.74) is 0. The first-order valence-electron chi connectivity index (χ1n) is 4.93. The molecule has 1 fully saturated rings. The van der Waals surface area contributed by atoms with Crippen LogP contribution < -0.4 is 4.72 Å². The molecule has 0 bridgehead atoms. The van der Waals surface area contributed by atoms with Gasteiger partial charge in [-0.25, -0.2) is 13.1 Å². The van der Waals surface area contributed by atoms with Crippen molar-refractivity contribution in [2.75, 3.05) is 20.1 Å². The highest BCUT2D eigenvalue weighted by Gasteiger charge is 2.26. The summed E-state index contributed by atoms with van der Waals surface area (Å²) in [6.45, 7) is 1.73. The van der Waals surface area contributed by atoms with Crippen molar-refractivity contribution >= 4 is 37.3 Å². The highest BCUT2D eigenvalue weighted by atomic mass is 79.9. The van der Waals surface area contributed by atoms with Crippen molar-refractivity contribution in [3.63, 3.8) is 0 Å². The summed E-state index contributed by atoms with van der Waals surface area (Å²) < 4.78 is 27.9. The highest BCUT2D eigenvalue weighted by Crippen LogP contribution is 2.26. The van der Waals surface area contributed by atoms with E-state index in [-0.39, 0.29) is 6.04 Å². The predicted molar refractivity (Wildman–Crippen MR) is 68.2 cm³/mol. The van der Waals surface area contributed by atoms with Crippen molar-refractivity contribution in [3.05, 3.63) is 15.9 Å². The van der Waals surface area contributed by atoms with Gasteiger partial charge in [0, 0.05) is 12.6 Å². The number of likely N-dealkylation sites (N-methyl/N-ethyl adjacent to an activating group) is 1. The van der Waals surface area contributed by atoms with E-state index in [4.69, 9.17) is 0 Å². The van der Waals surface area contributed by atoms with Crippen LogP contribution in [0.2, 0.25) is 0 Å². The van der Waals surface area contributed by atoms with Crippen LogP contribution in [0.5, 0.6) is 0 Å². The van der Waals surface area contributed by atoms with Crippen molar-refractivity contribution < 1.29 is 8.42 Å². The minimum atomic E-state index is -3.33. The first kappa shape index (κ1) is 12.5. The third kappa shape index (κ3) is 2.84. The summed E-state index contributed by atoms with van der Waals surface area (Å²) in [5, 5.41) is 0. The number of rotatable bonds is 3. The van der Waals surface area contributed by atoms with Gasteiger partial charge in [-0.1, -0.05) is 0 Å². The van der Waals surface area contributed by atoms with Crippen LogP contribution in [0.15, 0.2) is 20.1 Å². The van der Waals surface area contributed by atoms with E-state index in [1.54, 1.807) is 12.1 Å². The smallest absolute Gasteiger partial charge is 0.250 e. The second kappa shape index (κ2) is 4.73. The average Bonchev–Trinajstić information content (AvgIpc) is 2.75. The van der Waals surface area contributed by atoms with Crippen molar-refractivity contribution in [2.24, 2.45) is 0 Å². The molecule has 0 aliphatic carbocycles. The maximum Gasteiger partial charge on any atom is 0.250 e. The van der Waals surface area contributed by atoms with Gasteiger partial charge in [0.05, 0.1) is 3.79 Å². The first-order chi connectivity index (χ1) is 7.47. The van der Waals surface area contributed by atoms with E-state index in [2.05, 4.69) is 25.6 Å². The van der Waals surface area contributed by atoms with Gasteiger partial charge in [-0.15, -0.1) is 11.3 Å². The van der Waals surface area contributed by atoms with Gasteiger partial charge in [0.25, 0.3) is 0 Å². The van der Waals surface area contributed by atoms with E-state index in [0.717, 1.165) is 23.3 Å². The van der Waals surface area contributed by atoms with Crippen LogP contribution in [0.4, 0.5) is 0 Å². The molecule has 1 aromatic heterocycles. The number of thiophene rings is 1. The van der Waals surface area contributed by atoms with E-state index in [9.17, 15) is 8.42 Å². The molecule has 1 saturated heterocycles. The van der Waals surface area contributed by atoms with Gasteiger partial charge in [0.2, 0.25) is 10.0 Å². The topological polar surface area (TPSA) is 49.4 Å². The summed E-state index contributed by atoms with van der Waals surface area (Å²) in [6, 6.07) is 3.41. The molecule has 4 nitrogen and oxygen atoms in total. The third-order valence-electron chi connectivity index (χ3n) is 2.53. The number of hydrogen-bond donors (Lipinski definition) is 1. The Bertz CT molecular complexity index is 472. The summed E-state index contributed by atoms with van der Waals surface area (Å²) in [7, 11) is -1.34. The van der Waals surface area contributed by atoms with E-state index in [1.165, 1.54) is 11.3 Å². The molecule has 1 aliphatic rings. The van der Waals surface area contributed by atoms with Gasteiger partial charge >= 0.3 is 0 Å². The lowest BCUT2D eigenvalue weighted by molar-refractivity contribution is 0.407. The van der Waals surface area contributed by atoms with E-state index >= 15 is 0 Å². The molecule has 1 aliphatic heterocycles. The molecule has 0 aromatic carbocycles. The Morgan fingerprint density at radius 2 is 2.31 bits per heavy atom. The number of likely N-dealkylation sites (tertiary alicyclic amines) is 1. The fraction of sp³-hybridized carbons (Fsp3) is 0.556. The van der Waals surface area contributed by atoms with Crippen LogP contribution in [0.25, 0.3) is 0 Å². The van der Waals surface area contributed by atoms with Gasteiger partial charge in [0.15, 0.2) is 0 Å². The number of nitrogens with one attached hydrogen (secondary N) is 1. The van der Waals surface area contributed by atoms with Crippen LogP contribution in [-0.2, 0) is 10.0 Å². The van der Waals surface area contributed by atoms with E-state index in [0.29, 0.717) is 4.21 Å². The molecule has 16 heavy (non-hydrogen) atoms. The predicted octanol–water partition coefficient (Wildman–Crippen LogP) is 1.49. The zero-order valence-corrected chi connectivity index (χ0v) is 12.0. The third-order valence-corrected chi connectivity index (χ3v) is 6.16. The molecule has 1 aromatic rings. The molecule has 0 amide bonds. The Hall–Kier alpha value is 0.0500. The summed E-state index contributed by atoms with van der Waals surface area (Å²) in [5.74, 6) is 0. The number of hydrogen-bond acceptors (Lipinski definition) is 4. The molecule has 90 valence electrons. The van der Waals surface area contributed by atoms with Crippen LogP contribution >= 0.6 is 27.3 Å². The monoisotopic (exact) mass is 324 g/mol. The maximum atomic E-state index is 12.0. The Kier molecular flexibility index (Phi) is 3.70. The quantitative estimate of drug-likeness (QED) is 0.916. The minimum absolute atomic E-state index is 0.0378. The Labute approximate surface area is 108 Å². The Morgan fingerprint density at radius 3 is 2.81 bits per heavy atom. The SMILES string of the molecule is CN1CCC(NS(=O)(=O)c2ccc(Br)s2)C1. The van der Waals surface area contributed by atoms with Crippen LogP contribution in [0, 0.1) is 0 Å².